The zero-order chi connectivity index (χ0) is 13.8. The van der Waals surface area contributed by atoms with Crippen LogP contribution >= 0.6 is 0 Å². The average molecular weight is 261 g/mol. The second-order valence-electron chi connectivity index (χ2n) is 5.66. The zero-order valence-electron chi connectivity index (χ0n) is 11.8. The van der Waals surface area contributed by atoms with E-state index in [0.717, 1.165) is 26.1 Å². The number of nitrogens with one attached hydrogen (secondary N) is 1. The molecule has 0 atom stereocenters. The summed E-state index contributed by atoms with van der Waals surface area (Å²) in [6.07, 6.45) is 1.09. The number of carbonyl (C=O) groups is 1. The van der Waals surface area contributed by atoms with E-state index < -0.39 is 0 Å². The Morgan fingerprint density at radius 2 is 2.26 bits per heavy atom. The van der Waals surface area contributed by atoms with Crippen LogP contribution in [0.3, 0.4) is 0 Å². The number of para-hydroxylation sites is 1. The lowest BCUT2D eigenvalue weighted by Gasteiger charge is -2.24. The maximum absolute atomic E-state index is 11.2. The molecule has 1 aromatic carbocycles. The Balaban J connectivity index is 2.12. The third kappa shape index (κ3) is 3.70. The van der Waals surface area contributed by atoms with Crippen molar-refractivity contribution >= 4 is 11.6 Å². The van der Waals surface area contributed by atoms with E-state index in [9.17, 15) is 4.79 Å². The molecule has 0 saturated heterocycles. The third-order valence-corrected chi connectivity index (χ3v) is 3.33. The van der Waals surface area contributed by atoms with Crippen molar-refractivity contribution in [1.82, 2.24) is 4.90 Å². The van der Waals surface area contributed by atoms with E-state index >= 15 is 0 Å². The molecule has 0 aliphatic carbocycles. The molecule has 1 aliphatic rings. The molecule has 0 fully saturated rings. The molecule has 0 bridgehead atoms. The largest absolute Gasteiger partial charge is 0.384 e. The van der Waals surface area contributed by atoms with Crippen molar-refractivity contribution in [1.29, 1.82) is 0 Å². The lowest BCUT2D eigenvalue weighted by molar-refractivity contribution is -0.119. The van der Waals surface area contributed by atoms with Gasteiger partial charge in [0.25, 0.3) is 0 Å². The maximum Gasteiger partial charge on any atom is 0.231 e. The van der Waals surface area contributed by atoms with Crippen molar-refractivity contribution in [3.05, 3.63) is 29.3 Å². The van der Waals surface area contributed by atoms with Crippen LogP contribution in [0.2, 0.25) is 0 Å². The molecule has 0 spiro atoms. The zero-order valence-corrected chi connectivity index (χ0v) is 11.8. The van der Waals surface area contributed by atoms with Gasteiger partial charge in [-0.15, -0.1) is 0 Å². The topological polar surface area (TPSA) is 58.4 Å². The Labute approximate surface area is 115 Å². The summed E-state index contributed by atoms with van der Waals surface area (Å²) in [6, 6.07) is 6.39. The van der Waals surface area contributed by atoms with Gasteiger partial charge >= 0.3 is 0 Å². The number of benzene rings is 1. The van der Waals surface area contributed by atoms with Gasteiger partial charge in [0.2, 0.25) is 5.91 Å². The molecule has 104 valence electrons. The molecule has 1 aromatic rings. The lowest BCUT2D eigenvalue weighted by Crippen LogP contribution is -2.35. The number of fused-ring (bicyclic) bond motifs is 1. The van der Waals surface area contributed by atoms with Gasteiger partial charge in [-0.25, -0.2) is 0 Å². The summed E-state index contributed by atoms with van der Waals surface area (Å²) in [6.45, 7) is 7.29. The Kier molecular flexibility index (Phi) is 4.43. The summed E-state index contributed by atoms with van der Waals surface area (Å²) < 4.78 is 0. The number of nitrogens with two attached hydrogens (primary N) is 1. The van der Waals surface area contributed by atoms with E-state index in [-0.39, 0.29) is 5.91 Å². The summed E-state index contributed by atoms with van der Waals surface area (Å²) in [5.74, 6) is 0.255. The smallest absolute Gasteiger partial charge is 0.231 e. The standard InChI is InChI=1S/C15H23N3O/c1-11(2)8-18(10-14(16)19)9-13-5-3-4-12-6-7-17-15(12)13/h3-5,11,17H,6-10H2,1-2H3,(H2,16,19). The molecule has 0 unspecified atom stereocenters. The SMILES string of the molecule is CC(C)CN(CC(N)=O)Cc1cccc2c1NCC2. The van der Waals surface area contributed by atoms with Crippen LogP contribution in [-0.4, -0.2) is 30.4 Å². The fraction of sp³-hybridized carbons (Fsp3) is 0.533. The molecule has 3 N–H and O–H groups in total. The molecule has 1 amide bonds. The first-order valence-corrected chi connectivity index (χ1v) is 6.91. The number of hydrogen-bond acceptors (Lipinski definition) is 3. The van der Waals surface area contributed by atoms with Crippen molar-refractivity contribution < 1.29 is 4.79 Å². The highest BCUT2D eigenvalue weighted by Crippen LogP contribution is 2.27. The van der Waals surface area contributed by atoms with Gasteiger partial charge in [-0.1, -0.05) is 32.0 Å². The van der Waals surface area contributed by atoms with Crippen LogP contribution in [0.25, 0.3) is 0 Å². The number of nitrogens with zero attached hydrogens (tertiary/aromatic N) is 1. The van der Waals surface area contributed by atoms with Crippen LogP contribution in [-0.2, 0) is 17.8 Å². The first-order chi connectivity index (χ1) is 9.06. The lowest BCUT2D eigenvalue weighted by atomic mass is 10.1. The predicted octanol–water partition coefficient (Wildman–Crippen LogP) is 1.60. The van der Waals surface area contributed by atoms with Crippen molar-refractivity contribution in [2.24, 2.45) is 11.7 Å². The molecule has 0 saturated carbocycles. The van der Waals surface area contributed by atoms with Crippen LogP contribution in [0.15, 0.2) is 18.2 Å². The normalized spacial score (nSPS) is 13.7. The van der Waals surface area contributed by atoms with E-state index in [4.69, 9.17) is 5.73 Å². The third-order valence-electron chi connectivity index (χ3n) is 3.33. The van der Waals surface area contributed by atoms with Crippen LogP contribution < -0.4 is 11.1 Å². The fourth-order valence-electron chi connectivity index (χ4n) is 2.71. The van der Waals surface area contributed by atoms with Crippen LogP contribution in [0.5, 0.6) is 0 Å². The number of amides is 1. The Morgan fingerprint density at radius 1 is 1.47 bits per heavy atom. The summed E-state index contributed by atoms with van der Waals surface area (Å²) in [5.41, 5.74) is 9.23. The van der Waals surface area contributed by atoms with Crippen molar-refractivity contribution in [3.63, 3.8) is 0 Å². The average Bonchev–Trinajstić information content (AvgIpc) is 2.76. The molecular formula is C15H23N3O. The minimum absolute atomic E-state index is 0.263. The highest BCUT2D eigenvalue weighted by Gasteiger charge is 2.17. The van der Waals surface area contributed by atoms with Crippen molar-refractivity contribution in [3.8, 4) is 0 Å². The number of anilines is 1. The highest BCUT2D eigenvalue weighted by atomic mass is 16.1. The Hall–Kier alpha value is -1.55. The van der Waals surface area contributed by atoms with Crippen LogP contribution in [0.1, 0.15) is 25.0 Å². The minimum Gasteiger partial charge on any atom is -0.384 e. The first-order valence-electron chi connectivity index (χ1n) is 6.91. The van der Waals surface area contributed by atoms with Gasteiger partial charge in [-0.2, -0.15) is 0 Å². The molecule has 1 aliphatic heterocycles. The van der Waals surface area contributed by atoms with E-state index in [1.165, 1.54) is 16.8 Å². The van der Waals surface area contributed by atoms with Gasteiger partial charge in [0.05, 0.1) is 6.54 Å². The summed E-state index contributed by atoms with van der Waals surface area (Å²) in [5, 5.41) is 3.44. The van der Waals surface area contributed by atoms with Crippen LogP contribution in [0.4, 0.5) is 5.69 Å². The maximum atomic E-state index is 11.2. The fourth-order valence-corrected chi connectivity index (χ4v) is 2.71. The molecule has 4 heteroatoms. The summed E-state index contributed by atoms with van der Waals surface area (Å²) in [7, 11) is 0. The van der Waals surface area contributed by atoms with Gasteiger partial charge in [-0.05, 0) is 23.5 Å². The van der Waals surface area contributed by atoms with Gasteiger partial charge in [-0.3, -0.25) is 9.69 Å². The quantitative estimate of drug-likeness (QED) is 0.817. The second-order valence-corrected chi connectivity index (χ2v) is 5.66. The second kappa shape index (κ2) is 6.06. The van der Waals surface area contributed by atoms with E-state index in [1.54, 1.807) is 0 Å². The van der Waals surface area contributed by atoms with Gasteiger partial charge in [0.1, 0.15) is 0 Å². The molecular weight excluding hydrogens is 238 g/mol. The minimum atomic E-state index is -0.263. The number of primary amides is 1. The molecule has 19 heavy (non-hydrogen) atoms. The number of hydrogen-bond donors (Lipinski definition) is 2. The van der Waals surface area contributed by atoms with Crippen LogP contribution in [0, 0.1) is 5.92 Å². The monoisotopic (exact) mass is 261 g/mol. The molecule has 2 rings (SSSR count). The van der Waals surface area contributed by atoms with Gasteiger partial charge in [0.15, 0.2) is 0 Å². The summed E-state index contributed by atoms with van der Waals surface area (Å²) >= 11 is 0. The number of carbonyl (C=O) groups excluding carboxylic acids is 1. The Bertz CT molecular complexity index is 457. The van der Waals surface area contributed by atoms with Crippen molar-refractivity contribution in [2.45, 2.75) is 26.8 Å². The van der Waals surface area contributed by atoms with E-state index in [0.29, 0.717) is 12.5 Å². The molecule has 0 aromatic heterocycles. The molecule has 0 radical (unpaired) electrons. The number of rotatable bonds is 6. The van der Waals surface area contributed by atoms with E-state index in [2.05, 4.69) is 42.3 Å². The van der Waals surface area contributed by atoms with Gasteiger partial charge < -0.3 is 11.1 Å². The summed E-state index contributed by atoms with van der Waals surface area (Å²) in [4.78, 5) is 13.3. The highest BCUT2D eigenvalue weighted by molar-refractivity contribution is 5.76. The first kappa shape index (κ1) is 13.9. The van der Waals surface area contributed by atoms with E-state index in [1.807, 2.05) is 0 Å². The predicted molar refractivity (Wildman–Crippen MR) is 77.9 cm³/mol. The Morgan fingerprint density at radius 3 is 2.95 bits per heavy atom. The molecule has 4 nitrogen and oxygen atoms in total. The molecule has 1 heterocycles. The van der Waals surface area contributed by atoms with Gasteiger partial charge in [0, 0.05) is 25.3 Å². The van der Waals surface area contributed by atoms with Crippen molar-refractivity contribution in [2.75, 3.05) is 25.0 Å².